The summed E-state index contributed by atoms with van der Waals surface area (Å²) in [4.78, 5) is 7.73. The van der Waals surface area contributed by atoms with Crippen molar-refractivity contribution in [2.45, 2.75) is 36.9 Å². The maximum absolute atomic E-state index is 9.74. The molecule has 0 fully saturated rings. The minimum absolute atomic E-state index is 0.0176. The molecule has 21 heavy (non-hydrogen) atoms. The molecule has 0 bridgehead atoms. The number of nitrogens with zero attached hydrogens (tertiary/aromatic N) is 2. The number of hydrogen-bond donors (Lipinski definition) is 7. The van der Waals surface area contributed by atoms with Gasteiger partial charge in [-0.05, 0) is 0 Å². The monoisotopic (exact) mass is 304 g/mol. The molecule has 7 N–H and O–H groups in total. The van der Waals surface area contributed by atoms with Crippen LogP contribution in [0.3, 0.4) is 0 Å². The fourth-order valence-corrected chi connectivity index (χ4v) is 1.59. The molecule has 0 amide bonds. The van der Waals surface area contributed by atoms with Crippen molar-refractivity contribution in [3.63, 3.8) is 0 Å². The normalized spacial score (nSPS) is 18.8. The Morgan fingerprint density at radius 1 is 0.810 bits per heavy atom. The van der Waals surface area contributed by atoms with Crippen LogP contribution in [0.5, 0.6) is 0 Å². The van der Waals surface area contributed by atoms with Crippen molar-refractivity contribution in [1.29, 1.82) is 0 Å². The van der Waals surface area contributed by atoms with Gasteiger partial charge < -0.3 is 35.7 Å². The molecule has 1 aromatic heterocycles. The highest BCUT2D eigenvalue weighted by Gasteiger charge is 2.26. The van der Waals surface area contributed by atoms with Gasteiger partial charge in [0.1, 0.15) is 24.4 Å². The van der Waals surface area contributed by atoms with Crippen LogP contribution in [0.15, 0.2) is 12.4 Å². The summed E-state index contributed by atoms with van der Waals surface area (Å²) in [5.41, 5.74) is 0.291. The molecule has 1 aromatic rings. The van der Waals surface area contributed by atoms with Crippen LogP contribution in [0.1, 0.15) is 17.5 Å². The van der Waals surface area contributed by atoms with E-state index in [4.69, 9.17) is 10.2 Å². The van der Waals surface area contributed by atoms with Crippen LogP contribution in [-0.4, -0.2) is 83.3 Å². The molecule has 0 spiro atoms. The van der Waals surface area contributed by atoms with E-state index in [1.54, 1.807) is 0 Å². The lowest BCUT2D eigenvalue weighted by Gasteiger charge is -2.21. The summed E-state index contributed by atoms with van der Waals surface area (Å²) >= 11 is 0. The standard InChI is InChI=1S/C12H20N2O7/c15-4-9(18)8(17)1-6-2-14-7(3-13-6)11(20)12(21)10(19)5-16/h2-3,8-12,15-21H,1,4-5H2/t8-,9+,10+,11-,12+/m1/s1. The minimum atomic E-state index is -1.61. The average Bonchev–Trinajstić information content (AvgIpc) is 2.52. The van der Waals surface area contributed by atoms with E-state index in [9.17, 15) is 25.5 Å². The Kier molecular flexibility index (Phi) is 7.05. The summed E-state index contributed by atoms with van der Waals surface area (Å²) in [5, 5.41) is 64.6. The van der Waals surface area contributed by atoms with E-state index in [0.717, 1.165) is 6.20 Å². The third kappa shape index (κ3) is 4.93. The van der Waals surface area contributed by atoms with Gasteiger partial charge in [0, 0.05) is 12.6 Å². The van der Waals surface area contributed by atoms with Crippen molar-refractivity contribution < 1.29 is 35.7 Å². The number of aromatic nitrogens is 2. The molecule has 0 radical (unpaired) electrons. The maximum Gasteiger partial charge on any atom is 0.126 e. The van der Waals surface area contributed by atoms with Crippen LogP contribution in [-0.2, 0) is 6.42 Å². The van der Waals surface area contributed by atoms with Gasteiger partial charge in [-0.3, -0.25) is 9.97 Å². The van der Waals surface area contributed by atoms with Crippen molar-refractivity contribution in [1.82, 2.24) is 9.97 Å². The minimum Gasteiger partial charge on any atom is -0.394 e. The fourth-order valence-electron chi connectivity index (χ4n) is 1.59. The number of rotatable bonds is 8. The zero-order valence-corrected chi connectivity index (χ0v) is 11.2. The van der Waals surface area contributed by atoms with Crippen molar-refractivity contribution in [2.75, 3.05) is 13.2 Å². The SMILES string of the molecule is OC[C@H](O)[C@H](O)[C@H](O)c1cnc(C[C@@H](O)[C@@H](O)CO)cn1. The van der Waals surface area contributed by atoms with Gasteiger partial charge >= 0.3 is 0 Å². The molecule has 0 aromatic carbocycles. The Morgan fingerprint density at radius 2 is 1.43 bits per heavy atom. The van der Waals surface area contributed by atoms with Crippen molar-refractivity contribution in [3.8, 4) is 0 Å². The number of aliphatic hydroxyl groups excluding tert-OH is 7. The Hall–Kier alpha value is -1.20. The summed E-state index contributed by atoms with van der Waals surface area (Å²) in [5.74, 6) is 0. The highest BCUT2D eigenvalue weighted by atomic mass is 16.4. The van der Waals surface area contributed by atoms with E-state index >= 15 is 0 Å². The molecule has 0 saturated carbocycles. The second-order valence-electron chi connectivity index (χ2n) is 4.64. The zero-order chi connectivity index (χ0) is 16.0. The molecular weight excluding hydrogens is 284 g/mol. The first-order chi connectivity index (χ1) is 9.90. The van der Waals surface area contributed by atoms with E-state index in [2.05, 4.69) is 9.97 Å². The predicted octanol–water partition coefficient (Wildman–Crippen LogP) is -3.52. The van der Waals surface area contributed by atoms with Gasteiger partial charge in [-0.1, -0.05) is 0 Å². The summed E-state index contributed by atoms with van der Waals surface area (Å²) in [6.07, 6.45) is -4.83. The topological polar surface area (TPSA) is 167 Å². The number of aliphatic hydroxyl groups is 7. The average molecular weight is 304 g/mol. The lowest BCUT2D eigenvalue weighted by Crippen LogP contribution is -2.35. The first-order valence-electron chi connectivity index (χ1n) is 6.33. The van der Waals surface area contributed by atoms with Crippen LogP contribution >= 0.6 is 0 Å². The van der Waals surface area contributed by atoms with Crippen molar-refractivity contribution >= 4 is 0 Å². The van der Waals surface area contributed by atoms with E-state index in [1.165, 1.54) is 6.20 Å². The summed E-state index contributed by atoms with van der Waals surface area (Å²) < 4.78 is 0. The van der Waals surface area contributed by atoms with Gasteiger partial charge in [0.2, 0.25) is 0 Å². The first kappa shape index (κ1) is 17.9. The van der Waals surface area contributed by atoms with E-state index in [1.807, 2.05) is 0 Å². The quantitative estimate of drug-likeness (QED) is 0.257. The third-order valence-electron chi connectivity index (χ3n) is 2.98. The highest BCUT2D eigenvalue weighted by Crippen LogP contribution is 2.16. The van der Waals surface area contributed by atoms with Crippen molar-refractivity contribution in [2.24, 2.45) is 0 Å². The lowest BCUT2D eigenvalue weighted by atomic mass is 10.1. The van der Waals surface area contributed by atoms with Gasteiger partial charge in [-0.25, -0.2) is 0 Å². The van der Waals surface area contributed by atoms with Gasteiger partial charge in [0.25, 0.3) is 0 Å². The molecule has 5 atom stereocenters. The van der Waals surface area contributed by atoms with Crippen LogP contribution in [0.2, 0.25) is 0 Å². The fraction of sp³-hybridized carbons (Fsp3) is 0.667. The second-order valence-corrected chi connectivity index (χ2v) is 4.64. The first-order valence-corrected chi connectivity index (χ1v) is 6.33. The Morgan fingerprint density at radius 3 is 1.90 bits per heavy atom. The van der Waals surface area contributed by atoms with Crippen LogP contribution in [0.4, 0.5) is 0 Å². The van der Waals surface area contributed by atoms with Gasteiger partial charge in [0.15, 0.2) is 0 Å². The van der Waals surface area contributed by atoms with E-state index < -0.39 is 43.7 Å². The van der Waals surface area contributed by atoms with Crippen molar-refractivity contribution in [3.05, 3.63) is 23.8 Å². The van der Waals surface area contributed by atoms with Gasteiger partial charge in [-0.15, -0.1) is 0 Å². The molecule has 1 heterocycles. The zero-order valence-electron chi connectivity index (χ0n) is 11.2. The smallest absolute Gasteiger partial charge is 0.126 e. The van der Waals surface area contributed by atoms with Gasteiger partial charge in [-0.2, -0.15) is 0 Å². The molecule has 9 heteroatoms. The molecule has 0 aliphatic rings. The summed E-state index contributed by atoms with van der Waals surface area (Å²) in [6.45, 7) is -1.30. The van der Waals surface area contributed by atoms with Crippen LogP contribution in [0, 0.1) is 0 Å². The molecule has 1 rings (SSSR count). The number of hydrogen-bond acceptors (Lipinski definition) is 9. The Balaban J connectivity index is 2.69. The maximum atomic E-state index is 9.74. The molecule has 0 aliphatic carbocycles. The van der Waals surface area contributed by atoms with E-state index in [-0.39, 0.29) is 12.1 Å². The second kappa shape index (κ2) is 8.29. The Labute approximate surface area is 120 Å². The molecule has 120 valence electrons. The summed E-state index contributed by atoms with van der Waals surface area (Å²) in [7, 11) is 0. The van der Waals surface area contributed by atoms with Crippen LogP contribution < -0.4 is 0 Å². The predicted molar refractivity (Wildman–Crippen MR) is 68.9 cm³/mol. The molecular formula is C12H20N2O7. The Bertz CT molecular complexity index is 417. The summed E-state index contributed by atoms with van der Waals surface area (Å²) in [6, 6.07) is 0. The molecule has 9 nitrogen and oxygen atoms in total. The largest absolute Gasteiger partial charge is 0.394 e. The van der Waals surface area contributed by atoms with Crippen LogP contribution in [0.25, 0.3) is 0 Å². The lowest BCUT2D eigenvalue weighted by molar-refractivity contribution is -0.0790. The van der Waals surface area contributed by atoms with Gasteiger partial charge in [0.05, 0.1) is 36.9 Å². The third-order valence-corrected chi connectivity index (χ3v) is 2.98. The van der Waals surface area contributed by atoms with E-state index in [0.29, 0.717) is 5.69 Å². The molecule has 0 aliphatic heterocycles. The highest BCUT2D eigenvalue weighted by molar-refractivity contribution is 5.08. The molecule has 0 unspecified atom stereocenters. The molecule has 0 saturated heterocycles.